The molecule has 1 heterocycles. The topological polar surface area (TPSA) is 71.2 Å². The highest BCUT2D eigenvalue weighted by Gasteiger charge is 2.15. The summed E-state index contributed by atoms with van der Waals surface area (Å²) in [5, 5.41) is 2.97. The molecule has 2 N–H and O–H groups in total. The van der Waals surface area contributed by atoms with E-state index in [2.05, 4.69) is 10.3 Å². The standard InChI is InChI=1S/C15H15ClN2O3/c1-8-6-9(2)17-14(19)13(8)15(20)18-12-5-4-10(21-3)7-11(12)16/h4-7H,1-3H3,(H,17,19)(H,18,20). The Bertz CT molecular complexity index is 753. The van der Waals surface area contributed by atoms with Gasteiger partial charge in [-0.2, -0.15) is 0 Å². The van der Waals surface area contributed by atoms with Crippen molar-refractivity contribution in [1.82, 2.24) is 4.98 Å². The number of anilines is 1. The van der Waals surface area contributed by atoms with Gasteiger partial charge in [-0.3, -0.25) is 9.59 Å². The van der Waals surface area contributed by atoms with E-state index in [1.807, 2.05) is 0 Å². The summed E-state index contributed by atoms with van der Waals surface area (Å²) in [6.07, 6.45) is 0. The number of benzene rings is 1. The fraction of sp³-hybridized carbons (Fsp3) is 0.200. The Balaban J connectivity index is 2.33. The van der Waals surface area contributed by atoms with Crippen molar-refractivity contribution in [2.24, 2.45) is 0 Å². The molecule has 21 heavy (non-hydrogen) atoms. The molecule has 110 valence electrons. The summed E-state index contributed by atoms with van der Waals surface area (Å²) >= 11 is 6.06. The number of nitrogens with one attached hydrogen (secondary N) is 2. The first-order valence-corrected chi connectivity index (χ1v) is 6.65. The Hall–Kier alpha value is -2.27. The van der Waals surface area contributed by atoms with Crippen molar-refractivity contribution in [3.05, 3.63) is 56.5 Å². The molecular formula is C15H15ClN2O3. The number of hydrogen-bond acceptors (Lipinski definition) is 3. The van der Waals surface area contributed by atoms with Crippen LogP contribution >= 0.6 is 11.6 Å². The van der Waals surface area contributed by atoms with Crippen molar-refractivity contribution in [2.45, 2.75) is 13.8 Å². The zero-order valence-corrected chi connectivity index (χ0v) is 12.7. The van der Waals surface area contributed by atoms with Gasteiger partial charge in [0.2, 0.25) is 0 Å². The summed E-state index contributed by atoms with van der Waals surface area (Å²) in [5.41, 5.74) is 1.39. The fourth-order valence-corrected chi connectivity index (χ4v) is 2.26. The van der Waals surface area contributed by atoms with Crippen molar-refractivity contribution < 1.29 is 9.53 Å². The van der Waals surface area contributed by atoms with Crippen molar-refractivity contribution >= 4 is 23.2 Å². The number of carbonyl (C=O) groups excluding carboxylic acids is 1. The van der Waals surface area contributed by atoms with E-state index in [9.17, 15) is 9.59 Å². The number of amides is 1. The second kappa shape index (κ2) is 6.01. The predicted octanol–water partition coefficient (Wildman–Crippen LogP) is 2.91. The molecule has 0 unspecified atom stereocenters. The Morgan fingerprint density at radius 1 is 1.29 bits per heavy atom. The second-order valence-electron chi connectivity index (χ2n) is 4.64. The number of aromatic amines is 1. The maximum absolute atomic E-state index is 12.3. The van der Waals surface area contributed by atoms with Gasteiger partial charge in [0.05, 0.1) is 17.8 Å². The summed E-state index contributed by atoms with van der Waals surface area (Å²) in [5.74, 6) is 0.0863. The molecule has 5 nitrogen and oxygen atoms in total. The molecule has 0 spiro atoms. The van der Waals surface area contributed by atoms with E-state index < -0.39 is 11.5 Å². The highest BCUT2D eigenvalue weighted by molar-refractivity contribution is 6.34. The minimum Gasteiger partial charge on any atom is -0.497 e. The normalized spacial score (nSPS) is 10.3. The van der Waals surface area contributed by atoms with Gasteiger partial charge in [-0.05, 0) is 37.6 Å². The third-order valence-corrected chi connectivity index (χ3v) is 3.33. The first kappa shape index (κ1) is 15.1. The highest BCUT2D eigenvalue weighted by atomic mass is 35.5. The van der Waals surface area contributed by atoms with Crippen LogP contribution < -0.4 is 15.6 Å². The van der Waals surface area contributed by atoms with Gasteiger partial charge in [-0.25, -0.2) is 0 Å². The van der Waals surface area contributed by atoms with Crippen LogP contribution in [0.2, 0.25) is 5.02 Å². The summed E-state index contributed by atoms with van der Waals surface area (Å²) in [6, 6.07) is 6.62. The molecule has 2 rings (SSSR count). The van der Waals surface area contributed by atoms with Gasteiger partial charge in [0.15, 0.2) is 0 Å². The molecule has 0 aliphatic heterocycles. The van der Waals surface area contributed by atoms with Crippen LogP contribution in [0.4, 0.5) is 5.69 Å². The average Bonchev–Trinajstić information content (AvgIpc) is 2.39. The number of H-pyrrole nitrogens is 1. The van der Waals surface area contributed by atoms with Crippen LogP contribution in [0.1, 0.15) is 21.6 Å². The minimum atomic E-state index is -0.499. The lowest BCUT2D eigenvalue weighted by molar-refractivity contribution is 0.102. The van der Waals surface area contributed by atoms with Gasteiger partial charge in [0.1, 0.15) is 11.3 Å². The van der Waals surface area contributed by atoms with E-state index >= 15 is 0 Å². The lowest BCUT2D eigenvalue weighted by Crippen LogP contribution is -2.25. The number of rotatable bonds is 3. The zero-order chi connectivity index (χ0) is 15.6. The minimum absolute atomic E-state index is 0.0764. The molecule has 1 aromatic carbocycles. The largest absolute Gasteiger partial charge is 0.497 e. The molecule has 0 saturated carbocycles. The maximum atomic E-state index is 12.3. The van der Waals surface area contributed by atoms with E-state index in [0.717, 1.165) is 0 Å². The Morgan fingerprint density at radius 3 is 2.57 bits per heavy atom. The third kappa shape index (κ3) is 3.25. The smallest absolute Gasteiger partial charge is 0.261 e. The van der Waals surface area contributed by atoms with Gasteiger partial charge >= 0.3 is 0 Å². The predicted molar refractivity (Wildman–Crippen MR) is 82.5 cm³/mol. The van der Waals surface area contributed by atoms with Crippen molar-refractivity contribution in [1.29, 1.82) is 0 Å². The zero-order valence-electron chi connectivity index (χ0n) is 11.9. The van der Waals surface area contributed by atoms with Crippen LogP contribution in [-0.2, 0) is 0 Å². The van der Waals surface area contributed by atoms with E-state index in [4.69, 9.17) is 16.3 Å². The third-order valence-electron chi connectivity index (χ3n) is 3.02. The summed E-state index contributed by atoms with van der Waals surface area (Å²) in [7, 11) is 1.53. The van der Waals surface area contributed by atoms with Gasteiger partial charge in [0.25, 0.3) is 11.5 Å². The number of carbonyl (C=O) groups is 1. The van der Waals surface area contributed by atoms with Crippen LogP contribution in [0, 0.1) is 13.8 Å². The van der Waals surface area contributed by atoms with Crippen molar-refractivity contribution in [2.75, 3.05) is 12.4 Å². The molecule has 0 aliphatic carbocycles. The van der Waals surface area contributed by atoms with E-state index in [1.165, 1.54) is 7.11 Å². The quantitative estimate of drug-likeness (QED) is 0.916. The molecule has 0 radical (unpaired) electrons. The summed E-state index contributed by atoms with van der Waals surface area (Å²) < 4.78 is 5.04. The molecule has 0 atom stereocenters. The van der Waals surface area contributed by atoms with Gasteiger partial charge < -0.3 is 15.0 Å². The number of aryl methyl sites for hydroxylation is 2. The maximum Gasteiger partial charge on any atom is 0.261 e. The number of pyridine rings is 1. The van der Waals surface area contributed by atoms with Gasteiger partial charge in [0, 0.05) is 11.8 Å². The monoisotopic (exact) mass is 306 g/mol. The number of halogens is 1. The summed E-state index contributed by atoms with van der Waals surface area (Å²) in [6.45, 7) is 3.48. The average molecular weight is 307 g/mol. The number of ether oxygens (including phenoxy) is 1. The Kier molecular flexibility index (Phi) is 4.33. The van der Waals surface area contributed by atoms with Crippen LogP contribution in [-0.4, -0.2) is 18.0 Å². The first-order valence-electron chi connectivity index (χ1n) is 6.27. The van der Waals surface area contributed by atoms with Crippen LogP contribution in [0.25, 0.3) is 0 Å². The number of aromatic nitrogens is 1. The number of hydrogen-bond donors (Lipinski definition) is 2. The molecule has 1 amide bonds. The Morgan fingerprint density at radius 2 is 2.00 bits per heavy atom. The highest BCUT2D eigenvalue weighted by Crippen LogP contribution is 2.27. The van der Waals surface area contributed by atoms with Crippen molar-refractivity contribution in [3.8, 4) is 5.75 Å². The lowest BCUT2D eigenvalue weighted by Gasteiger charge is -2.10. The summed E-state index contributed by atoms with van der Waals surface area (Å²) in [4.78, 5) is 26.8. The molecule has 6 heteroatoms. The molecule has 0 fully saturated rings. The molecule has 0 saturated heterocycles. The molecule has 1 aromatic heterocycles. The van der Waals surface area contributed by atoms with Crippen LogP contribution in [0.15, 0.2) is 29.1 Å². The first-order chi connectivity index (χ1) is 9.92. The molecule has 2 aromatic rings. The van der Waals surface area contributed by atoms with E-state index in [1.54, 1.807) is 38.1 Å². The fourth-order valence-electron chi connectivity index (χ4n) is 2.04. The SMILES string of the molecule is COc1ccc(NC(=O)c2c(C)cc(C)[nH]c2=O)c(Cl)c1. The molecule has 0 aliphatic rings. The lowest BCUT2D eigenvalue weighted by atomic mass is 10.1. The second-order valence-corrected chi connectivity index (χ2v) is 5.05. The Labute approximate surface area is 126 Å². The van der Waals surface area contributed by atoms with Crippen LogP contribution in [0.5, 0.6) is 5.75 Å². The number of methoxy groups -OCH3 is 1. The van der Waals surface area contributed by atoms with E-state index in [0.29, 0.717) is 27.7 Å². The van der Waals surface area contributed by atoms with Crippen molar-refractivity contribution in [3.63, 3.8) is 0 Å². The van der Waals surface area contributed by atoms with Gasteiger partial charge in [-0.1, -0.05) is 11.6 Å². The molecular weight excluding hydrogens is 292 g/mol. The van der Waals surface area contributed by atoms with Gasteiger partial charge in [-0.15, -0.1) is 0 Å². The molecule has 0 bridgehead atoms. The van der Waals surface area contributed by atoms with E-state index in [-0.39, 0.29) is 5.56 Å². The van der Waals surface area contributed by atoms with Crippen LogP contribution in [0.3, 0.4) is 0 Å².